The Bertz CT molecular complexity index is 500. The number of hydrogen-bond acceptors (Lipinski definition) is 4. The maximum Gasteiger partial charge on any atom is 0.155 e. The minimum absolute atomic E-state index is 0.111. The van der Waals surface area contributed by atoms with Crippen LogP contribution in [0.15, 0.2) is 30.3 Å². The monoisotopic (exact) mass is 254 g/mol. The summed E-state index contributed by atoms with van der Waals surface area (Å²) in [5.41, 5.74) is 11.9. The Morgan fingerprint density at radius 3 is 2.35 bits per heavy atom. The molecule has 2 rings (SSSR count). The van der Waals surface area contributed by atoms with Crippen molar-refractivity contribution in [2.24, 2.45) is 11.5 Å². The van der Waals surface area contributed by atoms with Gasteiger partial charge in [0.25, 0.3) is 0 Å². The van der Waals surface area contributed by atoms with Gasteiger partial charge in [-0.15, -0.1) is 0 Å². The first-order chi connectivity index (χ1) is 7.97. The molecule has 3 atom stereocenters. The summed E-state index contributed by atoms with van der Waals surface area (Å²) in [7, 11) is -3.15. The van der Waals surface area contributed by atoms with Crippen LogP contribution in [0.5, 0.6) is 0 Å². The van der Waals surface area contributed by atoms with Gasteiger partial charge < -0.3 is 11.5 Å². The van der Waals surface area contributed by atoms with Gasteiger partial charge in [-0.2, -0.15) is 0 Å². The van der Waals surface area contributed by atoms with Gasteiger partial charge in [0, 0.05) is 18.2 Å². The highest BCUT2D eigenvalue weighted by Crippen LogP contribution is 2.53. The molecule has 0 heterocycles. The average molecular weight is 254 g/mol. The van der Waals surface area contributed by atoms with E-state index in [4.69, 9.17) is 11.5 Å². The molecule has 0 aromatic heterocycles. The van der Waals surface area contributed by atoms with Crippen molar-refractivity contribution < 1.29 is 8.42 Å². The van der Waals surface area contributed by atoms with Crippen molar-refractivity contribution in [1.82, 2.24) is 0 Å². The average Bonchev–Trinajstić information content (AvgIpc) is 2.99. The van der Waals surface area contributed by atoms with Crippen molar-refractivity contribution in [2.45, 2.75) is 23.6 Å². The summed E-state index contributed by atoms with van der Waals surface area (Å²) < 4.78 is 24.0. The highest BCUT2D eigenvalue weighted by atomic mass is 32.2. The molecule has 1 aliphatic rings. The van der Waals surface area contributed by atoms with Crippen molar-refractivity contribution in [1.29, 1.82) is 0 Å². The van der Waals surface area contributed by atoms with E-state index in [1.165, 1.54) is 0 Å². The number of hydrogen-bond donors (Lipinski definition) is 2. The van der Waals surface area contributed by atoms with Gasteiger partial charge >= 0.3 is 0 Å². The maximum atomic E-state index is 12.0. The van der Waals surface area contributed by atoms with Gasteiger partial charge in [-0.3, -0.25) is 0 Å². The lowest BCUT2D eigenvalue weighted by atomic mass is 10.1. The third kappa shape index (κ3) is 1.88. The normalized spacial score (nSPS) is 32.4. The van der Waals surface area contributed by atoms with Crippen LogP contribution in [0.4, 0.5) is 0 Å². The molecule has 1 aromatic rings. The van der Waals surface area contributed by atoms with Crippen LogP contribution in [0.2, 0.25) is 0 Å². The summed E-state index contributed by atoms with van der Waals surface area (Å²) in [5, 5.41) is -0.535. The van der Waals surface area contributed by atoms with E-state index in [2.05, 4.69) is 0 Å². The Kier molecular flexibility index (Phi) is 3.01. The van der Waals surface area contributed by atoms with Crippen LogP contribution in [-0.2, 0) is 9.84 Å². The molecule has 0 unspecified atom stereocenters. The molecule has 0 bridgehead atoms. The Morgan fingerprint density at radius 1 is 1.29 bits per heavy atom. The summed E-state index contributed by atoms with van der Waals surface area (Å²) >= 11 is 0. The van der Waals surface area contributed by atoms with E-state index < -0.39 is 20.6 Å². The van der Waals surface area contributed by atoms with E-state index in [1.54, 1.807) is 6.92 Å². The molecule has 1 aromatic carbocycles. The molecule has 0 spiro atoms. The van der Waals surface area contributed by atoms with Gasteiger partial charge in [0.15, 0.2) is 9.84 Å². The lowest BCUT2D eigenvalue weighted by Crippen LogP contribution is -2.39. The highest BCUT2D eigenvalue weighted by molar-refractivity contribution is 7.92. The fourth-order valence-electron chi connectivity index (χ4n) is 2.53. The molecular formula is C12H18N2O2S. The molecule has 4 nitrogen and oxygen atoms in total. The van der Waals surface area contributed by atoms with Gasteiger partial charge in [-0.05, 0) is 5.56 Å². The first-order valence-electron chi connectivity index (χ1n) is 5.73. The third-order valence-corrected chi connectivity index (χ3v) is 5.89. The third-order valence-electron chi connectivity index (χ3n) is 3.60. The zero-order valence-corrected chi connectivity index (χ0v) is 10.7. The van der Waals surface area contributed by atoms with Crippen molar-refractivity contribution in [3.63, 3.8) is 0 Å². The van der Waals surface area contributed by atoms with Gasteiger partial charge in [0.1, 0.15) is 0 Å². The highest BCUT2D eigenvalue weighted by Gasteiger charge is 2.67. The summed E-state index contributed by atoms with van der Waals surface area (Å²) in [5.74, 6) is -0.0569. The number of nitrogens with two attached hydrogens (primary N) is 2. The fourth-order valence-corrected chi connectivity index (χ4v) is 4.55. The molecule has 94 valence electrons. The zero-order valence-electron chi connectivity index (χ0n) is 9.84. The number of benzene rings is 1. The summed E-state index contributed by atoms with van der Waals surface area (Å²) in [6.07, 6.45) is 0. The zero-order chi connectivity index (χ0) is 12.7. The lowest BCUT2D eigenvalue weighted by Gasteiger charge is -2.07. The van der Waals surface area contributed by atoms with E-state index in [1.807, 2.05) is 30.3 Å². The molecule has 1 aliphatic carbocycles. The Hall–Kier alpha value is -0.910. The van der Waals surface area contributed by atoms with Gasteiger partial charge in [0.05, 0.1) is 10.8 Å². The fraction of sp³-hybridized carbons (Fsp3) is 0.500. The van der Waals surface area contributed by atoms with Crippen molar-refractivity contribution in [2.75, 3.05) is 12.3 Å². The van der Waals surface area contributed by atoms with Crippen molar-refractivity contribution >= 4 is 9.84 Å². The first-order valence-corrected chi connectivity index (χ1v) is 7.44. The second-order valence-electron chi connectivity index (χ2n) is 4.58. The molecule has 1 fully saturated rings. The smallest absolute Gasteiger partial charge is 0.155 e. The SMILES string of the molecule is CCS(=O)(=O)[C@H]1[C@H](c2ccccc2)[C@@]1(N)CN. The molecule has 0 radical (unpaired) electrons. The largest absolute Gasteiger partial charge is 0.329 e. The second-order valence-corrected chi connectivity index (χ2v) is 6.99. The summed E-state index contributed by atoms with van der Waals surface area (Å²) in [4.78, 5) is 0. The Morgan fingerprint density at radius 2 is 1.88 bits per heavy atom. The standard InChI is InChI=1S/C12H18N2O2S/c1-2-17(15,16)11-10(12(11,14)8-13)9-6-4-3-5-7-9/h3-7,10-11H,2,8,13-14H2,1H3/t10-,11-,12-/m0/s1. The van der Waals surface area contributed by atoms with Crippen LogP contribution >= 0.6 is 0 Å². The van der Waals surface area contributed by atoms with E-state index in [0.717, 1.165) is 5.56 Å². The Labute approximate surface area is 102 Å². The molecule has 0 amide bonds. The van der Waals surface area contributed by atoms with E-state index in [9.17, 15) is 8.42 Å². The predicted octanol–water partition coefficient (Wildman–Crippen LogP) is 0.243. The minimum Gasteiger partial charge on any atom is -0.329 e. The van der Waals surface area contributed by atoms with Gasteiger partial charge in [-0.1, -0.05) is 37.3 Å². The molecular weight excluding hydrogens is 236 g/mol. The van der Waals surface area contributed by atoms with Crippen molar-refractivity contribution in [3.8, 4) is 0 Å². The number of rotatable bonds is 4. The number of sulfone groups is 1. The maximum absolute atomic E-state index is 12.0. The lowest BCUT2D eigenvalue weighted by molar-refractivity contribution is 0.587. The molecule has 0 saturated heterocycles. The Balaban J connectivity index is 2.37. The second kappa shape index (κ2) is 4.08. The molecule has 4 N–H and O–H groups in total. The van der Waals surface area contributed by atoms with Gasteiger partial charge in [0.2, 0.25) is 0 Å². The first kappa shape index (κ1) is 12.5. The van der Waals surface area contributed by atoms with Gasteiger partial charge in [-0.25, -0.2) is 8.42 Å². The molecule has 1 saturated carbocycles. The summed E-state index contributed by atoms with van der Waals surface area (Å²) in [6.45, 7) is 1.84. The van der Waals surface area contributed by atoms with E-state index >= 15 is 0 Å². The molecule has 0 aliphatic heterocycles. The summed E-state index contributed by atoms with van der Waals surface area (Å²) in [6, 6.07) is 9.50. The van der Waals surface area contributed by atoms with E-state index in [-0.39, 0.29) is 18.2 Å². The predicted molar refractivity (Wildman–Crippen MR) is 68.4 cm³/mol. The van der Waals surface area contributed by atoms with Crippen LogP contribution in [0.1, 0.15) is 18.4 Å². The minimum atomic E-state index is -3.15. The van der Waals surface area contributed by atoms with Crippen LogP contribution < -0.4 is 11.5 Å². The van der Waals surface area contributed by atoms with E-state index in [0.29, 0.717) is 0 Å². The molecule has 5 heteroatoms. The van der Waals surface area contributed by atoms with Crippen LogP contribution in [0, 0.1) is 0 Å². The van der Waals surface area contributed by atoms with Crippen LogP contribution in [0.25, 0.3) is 0 Å². The van der Waals surface area contributed by atoms with Crippen molar-refractivity contribution in [3.05, 3.63) is 35.9 Å². The quantitative estimate of drug-likeness (QED) is 0.806. The van der Waals surface area contributed by atoms with Crippen LogP contribution in [0.3, 0.4) is 0 Å². The molecule has 17 heavy (non-hydrogen) atoms. The van der Waals surface area contributed by atoms with Crippen LogP contribution in [-0.4, -0.2) is 31.5 Å². The topological polar surface area (TPSA) is 86.2 Å².